The van der Waals surface area contributed by atoms with E-state index in [0.717, 1.165) is 42.7 Å². The number of carbonyl (C=O) groups excluding carboxylic acids is 3. The first kappa shape index (κ1) is 46.5. The highest BCUT2D eigenvalue weighted by Crippen LogP contribution is 2.22. The molecule has 2 amide bonds. The van der Waals surface area contributed by atoms with Gasteiger partial charge in [0, 0.05) is 36.6 Å². The van der Waals surface area contributed by atoms with Gasteiger partial charge in [-0.15, -0.1) is 0 Å². The van der Waals surface area contributed by atoms with Gasteiger partial charge in [0.25, 0.3) is 5.91 Å². The number of carboxylic acid groups (broad SMARTS) is 3. The second-order valence-electron chi connectivity index (χ2n) is 13.1. The zero-order chi connectivity index (χ0) is 43.5. The number of benzene rings is 2. The lowest BCUT2D eigenvalue weighted by Crippen LogP contribution is -2.42. The number of aryl methyl sites for hydroxylation is 1. The lowest BCUT2D eigenvalue weighted by Gasteiger charge is -2.21. The van der Waals surface area contributed by atoms with E-state index in [1.807, 2.05) is 29.8 Å². The fourth-order valence-corrected chi connectivity index (χ4v) is 5.50. The van der Waals surface area contributed by atoms with Gasteiger partial charge in [-0.3, -0.25) is 24.1 Å². The number of fused-ring (bicyclic) bond motifs is 1. The molecule has 0 saturated heterocycles. The number of amidine groups is 1. The van der Waals surface area contributed by atoms with Crippen LogP contribution < -0.4 is 16.0 Å². The molecule has 2 aromatic heterocycles. The summed E-state index contributed by atoms with van der Waals surface area (Å²) >= 11 is 0. The topological polar surface area (TPSA) is 286 Å². The normalized spacial score (nSPS) is 11.2. The predicted octanol–water partition coefficient (Wildman–Crippen LogP) is 4.35. The largest absolute Gasteiger partial charge is 0.481 e. The van der Waals surface area contributed by atoms with Crippen molar-refractivity contribution < 1.29 is 58.7 Å². The van der Waals surface area contributed by atoms with Gasteiger partial charge < -0.3 is 45.5 Å². The molecule has 19 heteroatoms. The van der Waals surface area contributed by atoms with E-state index < -0.39 is 42.4 Å². The lowest BCUT2D eigenvalue weighted by molar-refractivity contribution is -0.170. The number of pyridine rings is 1. The monoisotopic (exact) mass is 819 g/mol. The molecule has 0 aliphatic heterocycles. The summed E-state index contributed by atoms with van der Waals surface area (Å²) in [5, 5.41) is 37.2. The van der Waals surface area contributed by atoms with E-state index >= 15 is 0 Å². The molecule has 0 aliphatic carbocycles. The van der Waals surface area contributed by atoms with Crippen molar-refractivity contribution in [2.24, 2.45) is 17.8 Å². The van der Waals surface area contributed by atoms with Crippen molar-refractivity contribution in [3.8, 4) is 0 Å². The Morgan fingerprint density at radius 1 is 0.898 bits per heavy atom. The quantitative estimate of drug-likeness (QED) is 0.0313. The van der Waals surface area contributed by atoms with Gasteiger partial charge in [-0.05, 0) is 67.9 Å². The number of esters is 1. The van der Waals surface area contributed by atoms with Crippen molar-refractivity contribution in [1.29, 1.82) is 0 Å². The molecule has 0 saturated carbocycles. The first-order valence-corrected chi connectivity index (χ1v) is 18.7. The number of imidazole rings is 1. The average Bonchev–Trinajstić information content (AvgIpc) is 3.51. The number of carbonyl (C=O) groups is 6. The molecule has 0 spiro atoms. The molecule has 19 nitrogen and oxygen atoms in total. The van der Waals surface area contributed by atoms with Crippen molar-refractivity contribution >= 4 is 64.3 Å². The molecule has 59 heavy (non-hydrogen) atoms. The second-order valence-corrected chi connectivity index (χ2v) is 13.1. The number of aliphatic carboxylic acids is 3. The molecule has 316 valence electrons. The highest BCUT2D eigenvalue weighted by molar-refractivity contribution is 6.07. The van der Waals surface area contributed by atoms with E-state index in [-0.39, 0.29) is 37.3 Å². The smallest absolute Gasteiger partial charge is 0.435 e. The van der Waals surface area contributed by atoms with Gasteiger partial charge in [-0.1, -0.05) is 32.3 Å². The number of carboxylic acids is 3. The molecule has 2 heterocycles. The molecule has 2 aromatic carbocycles. The van der Waals surface area contributed by atoms with Crippen LogP contribution in [0.15, 0.2) is 71.9 Å². The van der Waals surface area contributed by atoms with Crippen LogP contribution in [-0.2, 0) is 42.2 Å². The van der Waals surface area contributed by atoms with E-state index in [1.54, 1.807) is 55.6 Å². The van der Waals surface area contributed by atoms with Crippen LogP contribution in [0.4, 0.5) is 16.3 Å². The van der Waals surface area contributed by atoms with Crippen LogP contribution in [0.3, 0.4) is 0 Å². The number of aromatic nitrogens is 3. The minimum absolute atomic E-state index is 0.0455. The number of ether oxygens (including phenoxy) is 2. The number of aliphatic imine (C=N–C) groups is 1. The van der Waals surface area contributed by atoms with E-state index in [1.165, 1.54) is 4.90 Å². The van der Waals surface area contributed by atoms with Gasteiger partial charge in [0.1, 0.15) is 17.5 Å². The van der Waals surface area contributed by atoms with Crippen molar-refractivity contribution in [2.45, 2.75) is 70.9 Å². The lowest BCUT2D eigenvalue weighted by atomic mass is 9.96. The van der Waals surface area contributed by atoms with Crippen molar-refractivity contribution in [1.82, 2.24) is 14.5 Å². The predicted molar refractivity (Wildman–Crippen MR) is 215 cm³/mol. The van der Waals surface area contributed by atoms with Crippen LogP contribution in [-0.4, -0.2) is 102 Å². The average molecular weight is 820 g/mol. The Balaban J connectivity index is 0.000000615. The Kier molecular flexibility index (Phi) is 17.9. The fraction of sp³-hybridized carbons (Fsp3) is 0.375. The number of amides is 2. The van der Waals surface area contributed by atoms with Gasteiger partial charge in [-0.25, -0.2) is 19.6 Å². The molecule has 7 N–H and O–H groups in total. The van der Waals surface area contributed by atoms with Crippen molar-refractivity contribution in [3.05, 3.63) is 83.8 Å². The number of nitrogens with zero attached hydrogens (tertiary/aromatic N) is 5. The number of unbranched alkanes of at least 4 members (excludes halogenated alkanes) is 3. The van der Waals surface area contributed by atoms with Crippen LogP contribution in [0.2, 0.25) is 0 Å². The summed E-state index contributed by atoms with van der Waals surface area (Å²) in [7, 11) is 1.91. The minimum Gasteiger partial charge on any atom is -0.481 e. The van der Waals surface area contributed by atoms with Gasteiger partial charge in [0.05, 0.1) is 50.1 Å². The summed E-state index contributed by atoms with van der Waals surface area (Å²) in [5.41, 5.74) is 6.66. The fourth-order valence-electron chi connectivity index (χ4n) is 5.50. The minimum atomic E-state index is -2.74. The van der Waals surface area contributed by atoms with E-state index in [2.05, 4.69) is 22.2 Å². The first-order chi connectivity index (χ1) is 28.1. The number of rotatable bonds is 20. The molecule has 0 aliphatic rings. The molecule has 0 radical (unpaired) electrons. The van der Waals surface area contributed by atoms with E-state index in [9.17, 15) is 28.8 Å². The van der Waals surface area contributed by atoms with Crippen molar-refractivity contribution in [3.63, 3.8) is 0 Å². The maximum atomic E-state index is 13.6. The first-order valence-electron chi connectivity index (χ1n) is 18.7. The Morgan fingerprint density at radius 2 is 1.58 bits per heavy atom. The summed E-state index contributed by atoms with van der Waals surface area (Å²) < 4.78 is 12.1. The van der Waals surface area contributed by atoms with E-state index in [0.29, 0.717) is 35.6 Å². The number of hydrogen-bond donors (Lipinski definition) is 6. The van der Waals surface area contributed by atoms with Gasteiger partial charge >= 0.3 is 30.0 Å². The molecule has 0 atom stereocenters. The highest BCUT2D eigenvalue weighted by Gasteiger charge is 2.40. The Bertz CT molecular complexity index is 2090. The van der Waals surface area contributed by atoms with Crippen LogP contribution in [0.1, 0.15) is 80.5 Å². The standard InChI is InChI=1S/C34H41N7O5.C6H8O7/c1-4-6-7-10-21-46-34(44)39-32(35)24-12-15-26(16-13-24)37-23-30-38-27-22-25(14-17-28(27)40(30)3)33(43)41(20-18-31(42)45-5-2)29-11-8-9-19-36-29;7-3(8)1-6(13,5(11)12)2-4(9)10/h8-9,11-17,19,22,37H,4-7,10,18,20-21,23H2,1-3H3,(H2,35,39,44);13H,1-2H2,(H,7,8)(H,9,10)(H,11,12). The van der Waals surface area contributed by atoms with Crippen LogP contribution in [0.25, 0.3) is 11.0 Å². The Hall–Kier alpha value is -6.89. The third kappa shape index (κ3) is 14.5. The van der Waals surface area contributed by atoms with Gasteiger partial charge in [0.15, 0.2) is 5.60 Å². The summed E-state index contributed by atoms with van der Waals surface area (Å²) in [6.45, 7) is 5.02. The molecule has 4 rings (SSSR count). The second kappa shape index (κ2) is 22.7. The number of aliphatic hydroxyl groups is 1. The third-order valence-corrected chi connectivity index (χ3v) is 8.59. The van der Waals surface area contributed by atoms with Gasteiger partial charge in [0.2, 0.25) is 0 Å². The molecule has 0 bridgehead atoms. The van der Waals surface area contributed by atoms with E-state index in [4.69, 9.17) is 40.6 Å². The SMILES string of the molecule is CCCCCCOC(=O)/N=C(\N)c1ccc(NCc2nc3cc(C(=O)N(CCC(=O)OCC)c4ccccn4)ccc3n2C)cc1.O=C(O)CC(O)(CC(=O)O)C(=O)O. The maximum Gasteiger partial charge on any atom is 0.435 e. The van der Waals surface area contributed by atoms with Crippen molar-refractivity contribution in [2.75, 3.05) is 30.0 Å². The highest BCUT2D eigenvalue weighted by atomic mass is 16.5. The number of hydrogen-bond acceptors (Lipinski definition) is 12. The third-order valence-electron chi connectivity index (χ3n) is 8.59. The van der Waals surface area contributed by atoms with Crippen LogP contribution >= 0.6 is 0 Å². The van der Waals surface area contributed by atoms with Crippen LogP contribution in [0, 0.1) is 0 Å². The summed E-state index contributed by atoms with van der Waals surface area (Å²) in [4.78, 5) is 82.5. The summed E-state index contributed by atoms with van der Waals surface area (Å²) in [5.74, 6) is -4.40. The Labute approximate surface area is 339 Å². The van der Waals surface area contributed by atoms with Gasteiger partial charge in [-0.2, -0.15) is 4.99 Å². The molecule has 0 unspecified atom stereocenters. The number of nitrogens with one attached hydrogen (secondary N) is 1. The summed E-state index contributed by atoms with van der Waals surface area (Å²) in [6.07, 6.45) is 2.71. The summed E-state index contributed by atoms with van der Waals surface area (Å²) in [6, 6.07) is 17.9. The number of anilines is 2. The maximum absolute atomic E-state index is 13.6. The molecular formula is C40H49N7O12. The molecule has 0 fully saturated rings. The van der Waals surface area contributed by atoms with Crippen LogP contribution in [0.5, 0.6) is 0 Å². The number of nitrogens with two attached hydrogens (primary N) is 1. The molecular weight excluding hydrogens is 770 g/mol. The Morgan fingerprint density at radius 3 is 2.17 bits per heavy atom. The zero-order valence-electron chi connectivity index (χ0n) is 33.0. The molecule has 4 aromatic rings. The zero-order valence-corrected chi connectivity index (χ0v) is 33.0.